The molecule has 0 N–H and O–H groups in total. The Morgan fingerprint density at radius 3 is 2.42 bits per heavy atom. The molecule has 2 aromatic rings. The molecule has 0 aliphatic rings. The van der Waals surface area contributed by atoms with E-state index < -0.39 is 0 Å². The van der Waals surface area contributed by atoms with Gasteiger partial charge in [-0.25, -0.2) is 4.98 Å². The van der Waals surface area contributed by atoms with Crippen LogP contribution < -0.4 is 9.47 Å². The van der Waals surface area contributed by atoms with Crippen LogP contribution in [0.4, 0.5) is 0 Å². The summed E-state index contributed by atoms with van der Waals surface area (Å²) in [6, 6.07) is 3.21. The zero-order chi connectivity index (χ0) is 18.0. The molecule has 24 heavy (non-hydrogen) atoms. The van der Waals surface area contributed by atoms with Crippen molar-refractivity contribution >= 4 is 40.7 Å². The number of hydrogen-bond donors (Lipinski definition) is 0. The van der Waals surface area contributed by atoms with Gasteiger partial charge in [0.15, 0.2) is 16.7 Å². The standard InChI is InChI=1S/C15H16Cl3N3O3/c1-20(7-10-19-13(17)14(18)21(10)2)15(22)8-5-6-9(23-3)12(24-4)11(8)16/h5-6H,7H2,1-4H3. The molecule has 0 saturated heterocycles. The molecule has 0 saturated carbocycles. The summed E-state index contributed by atoms with van der Waals surface area (Å²) >= 11 is 18.2. The second kappa shape index (κ2) is 7.51. The van der Waals surface area contributed by atoms with Gasteiger partial charge in [0.05, 0.1) is 31.4 Å². The van der Waals surface area contributed by atoms with Crippen molar-refractivity contribution in [1.29, 1.82) is 0 Å². The van der Waals surface area contributed by atoms with Crippen LogP contribution in [0.5, 0.6) is 11.5 Å². The van der Waals surface area contributed by atoms with Gasteiger partial charge in [-0.2, -0.15) is 0 Å². The molecule has 1 aromatic heterocycles. The first-order valence-electron chi connectivity index (χ1n) is 6.84. The van der Waals surface area contributed by atoms with E-state index in [1.54, 1.807) is 30.8 Å². The van der Waals surface area contributed by atoms with Crippen LogP contribution in [0.1, 0.15) is 16.2 Å². The SMILES string of the molecule is COc1ccc(C(=O)N(C)Cc2nc(Cl)c(Cl)n2C)c(Cl)c1OC. The molecule has 0 bridgehead atoms. The largest absolute Gasteiger partial charge is 0.493 e. The summed E-state index contributed by atoms with van der Waals surface area (Å²) < 4.78 is 12.0. The Labute approximate surface area is 154 Å². The number of imidazole rings is 1. The number of aromatic nitrogens is 2. The first kappa shape index (κ1) is 18.7. The highest BCUT2D eigenvalue weighted by atomic mass is 35.5. The van der Waals surface area contributed by atoms with Gasteiger partial charge >= 0.3 is 0 Å². The smallest absolute Gasteiger partial charge is 0.255 e. The van der Waals surface area contributed by atoms with Gasteiger partial charge < -0.3 is 18.9 Å². The van der Waals surface area contributed by atoms with Gasteiger partial charge in [-0.1, -0.05) is 34.8 Å². The molecular weight excluding hydrogens is 377 g/mol. The lowest BCUT2D eigenvalue weighted by atomic mass is 10.1. The van der Waals surface area contributed by atoms with E-state index in [0.717, 1.165) is 0 Å². The molecule has 0 aliphatic carbocycles. The molecule has 0 spiro atoms. The van der Waals surface area contributed by atoms with Crippen LogP contribution in [-0.4, -0.2) is 41.6 Å². The quantitative estimate of drug-likeness (QED) is 0.779. The van der Waals surface area contributed by atoms with Crippen molar-refractivity contribution in [2.45, 2.75) is 6.54 Å². The maximum atomic E-state index is 12.7. The molecule has 1 aromatic carbocycles. The molecule has 9 heteroatoms. The topological polar surface area (TPSA) is 56.6 Å². The Morgan fingerprint density at radius 2 is 1.92 bits per heavy atom. The third kappa shape index (κ3) is 3.41. The van der Waals surface area contributed by atoms with Crippen LogP contribution in [0.25, 0.3) is 0 Å². The molecule has 6 nitrogen and oxygen atoms in total. The van der Waals surface area contributed by atoms with E-state index in [1.807, 2.05) is 0 Å². The van der Waals surface area contributed by atoms with Crippen molar-refractivity contribution < 1.29 is 14.3 Å². The van der Waals surface area contributed by atoms with E-state index in [-0.39, 0.29) is 22.6 Å². The third-order valence-electron chi connectivity index (χ3n) is 3.52. The zero-order valence-electron chi connectivity index (χ0n) is 13.6. The molecule has 130 valence electrons. The molecule has 0 fully saturated rings. The average Bonchev–Trinajstić information content (AvgIpc) is 2.80. The monoisotopic (exact) mass is 391 g/mol. The number of methoxy groups -OCH3 is 2. The molecule has 0 unspecified atom stereocenters. The van der Waals surface area contributed by atoms with Crippen molar-refractivity contribution in [3.05, 3.63) is 38.8 Å². The first-order chi connectivity index (χ1) is 11.3. The molecule has 1 amide bonds. The number of halogens is 3. The molecule has 0 atom stereocenters. The summed E-state index contributed by atoms with van der Waals surface area (Å²) in [7, 11) is 6.31. The molecule has 0 radical (unpaired) electrons. The maximum Gasteiger partial charge on any atom is 0.255 e. The van der Waals surface area contributed by atoms with Gasteiger partial charge in [0.1, 0.15) is 11.0 Å². The van der Waals surface area contributed by atoms with Gasteiger partial charge in [-0.3, -0.25) is 4.79 Å². The van der Waals surface area contributed by atoms with E-state index >= 15 is 0 Å². The lowest BCUT2D eigenvalue weighted by molar-refractivity contribution is 0.0780. The highest BCUT2D eigenvalue weighted by Gasteiger charge is 2.22. The number of carbonyl (C=O) groups is 1. The number of benzene rings is 1. The summed E-state index contributed by atoms with van der Waals surface area (Å²) in [5, 5.41) is 0.695. The second-order valence-electron chi connectivity index (χ2n) is 4.99. The minimum absolute atomic E-state index is 0.185. The fourth-order valence-electron chi connectivity index (χ4n) is 2.17. The number of hydrogen-bond acceptors (Lipinski definition) is 4. The van der Waals surface area contributed by atoms with Gasteiger partial charge in [0.25, 0.3) is 5.91 Å². The van der Waals surface area contributed by atoms with E-state index in [4.69, 9.17) is 44.3 Å². The number of ether oxygens (including phenoxy) is 2. The molecule has 2 rings (SSSR count). The molecular formula is C15H16Cl3N3O3. The lowest BCUT2D eigenvalue weighted by Gasteiger charge is -2.19. The Kier molecular flexibility index (Phi) is 5.85. The number of amides is 1. The van der Waals surface area contributed by atoms with Gasteiger partial charge in [0.2, 0.25) is 0 Å². The van der Waals surface area contributed by atoms with Crippen LogP contribution in [0.2, 0.25) is 15.3 Å². The number of nitrogens with zero attached hydrogens (tertiary/aromatic N) is 3. The van der Waals surface area contributed by atoms with Gasteiger partial charge in [0, 0.05) is 14.1 Å². The van der Waals surface area contributed by atoms with Crippen molar-refractivity contribution in [1.82, 2.24) is 14.5 Å². The Hall–Kier alpha value is -1.63. The maximum absolute atomic E-state index is 12.7. The van der Waals surface area contributed by atoms with E-state index in [0.29, 0.717) is 28.0 Å². The van der Waals surface area contributed by atoms with Crippen LogP contribution in [0.15, 0.2) is 12.1 Å². The lowest BCUT2D eigenvalue weighted by Crippen LogP contribution is -2.28. The van der Waals surface area contributed by atoms with Crippen molar-refractivity contribution in [2.75, 3.05) is 21.3 Å². The van der Waals surface area contributed by atoms with Crippen molar-refractivity contribution in [2.24, 2.45) is 7.05 Å². The Bertz CT molecular complexity index is 777. The van der Waals surface area contributed by atoms with Crippen LogP contribution in [0, 0.1) is 0 Å². The van der Waals surface area contributed by atoms with Gasteiger partial charge in [-0.15, -0.1) is 0 Å². The Balaban J connectivity index is 2.29. The predicted molar refractivity (Wildman–Crippen MR) is 93.6 cm³/mol. The van der Waals surface area contributed by atoms with Crippen molar-refractivity contribution in [3.8, 4) is 11.5 Å². The fourth-order valence-corrected chi connectivity index (χ4v) is 2.85. The van der Waals surface area contributed by atoms with Crippen LogP contribution in [0.3, 0.4) is 0 Å². The zero-order valence-corrected chi connectivity index (χ0v) is 15.8. The fraction of sp³-hybridized carbons (Fsp3) is 0.333. The normalized spacial score (nSPS) is 10.6. The number of carbonyl (C=O) groups excluding carboxylic acids is 1. The van der Waals surface area contributed by atoms with E-state index in [2.05, 4.69) is 4.98 Å². The summed E-state index contributed by atoms with van der Waals surface area (Å²) in [6.07, 6.45) is 0. The minimum Gasteiger partial charge on any atom is -0.493 e. The second-order valence-corrected chi connectivity index (χ2v) is 6.09. The van der Waals surface area contributed by atoms with Gasteiger partial charge in [-0.05, 0) is 12.1 Å². The van der Waals surface area contributed by atoms with Crippen molar-refractivity contribution in [3.63, 3.8) is 0 Å². The summed E-state index contributed by atoms with van der Waals surface area (Å²) in [4.78, 5) is 18.3. The third-order valence-corrected chi connectivity index (χ3v) is 4.69. The number of rotatable bonds is 5. The summed E-state index contributed by atoms with van der Waals surface area (Å²) in [6.45, 7) is 0.215. The minimum atomic E-state index is -0.295. The molecule has 0 aliphatic heterocycles. The van der Waals surface area contributed by atoms with E-state index in [9.17, 15) is 4.79 Å². The molecule has 1 heterocycles. The van der Waals surface area contributed by atoms with Crippen LogP contribution >= 0.6 is 34.8 Å². The predicted octanol–water partition coefficient (Wildman–Crippen LogP) is 3.67. The highest BCUT2D eigenvalue weighted by molar-refractivity contribution is 6.40. The summed E-state index contributed by atoms with van der Waals surface area (Å²) in [5.41, 5.74) is 0.295. The first-order valence-corrected chi connectivity index (χ1v) is 7.97. The summed E-state index contributed by atoms with van der Waals surface area (Å²) in [5.74, 6) is 1.01. The van der Waals surface area contributed by atoms with Crippen LogP contribution in [-0.2, 0) is 13.6 Å². The average molecular weight is 393 g/mol. The van der Waals surface area contributed by atoms with E-state index in [1.165, 1.54) is 19.1 Å². The highest BCUT2D eigenvalue weighted by Crippen LogP contribution is 2.37. The Morgan fingerprint density at radius 1 is 1.25 bits per heavy atom.